The van der Waals surface area contributed by atoms with Crippen molar-refractivity contribution in [1.82, 2.24) is 14.8 Å². The van der Waals surface area contributed by atoms with Gasteiger partial charge in [-0.2, -0.15) is 0 Å². The maximum atomic E-state index is 13.2. The Morgan fingerprint density at radius 1 is 1.03 bits per heavy atom. The topological polar surface area (TPSA) is 68.4 Å². The number of amides is 2. The molecule has 3 rings (SSSR count). The molecule has 2 N–H and O–H groups in total. The molecule has 2 amide bonds. The van der Waals surface area contributed by atoms with E-state index in [1.165, 1.54) is 24.3 Å². The van der Waals surface area contributed by atoms with E-state index in [1.54, 1.807) is 4.90 Å². The number of carbonyl (C=O) groups is 1. The zero-order valence-electron chi connectivity index (χ0n) is 18.2. The lowest BCUT2D eigenvalue weighted by atomic mass is 10.1. The lowest BCUT2D eigenvalue weighted by Gasteiger charge is -2.26. The predicted molar refractivity (Wildman–Crippen MR) is 123 cm³/mol. The molecule has 0 atom stereocenters. The number of urea groups is 1. The van der Waals surface area contributed by atoms with Crippen molar-refractivity contribution in [2.24, 2.45) is 0 Å². The first kappa shape index (κ1) is 22.5. The Morgan fingerprint density at radius 3 is 2.42 bits per heavy atom. The molecule has 0 aliphatic heterocycles. The van der Waals surface area contributed by atoms with Crippen LogP contribution in [0.2, 0.25) is 0 Å². The first-order valence-corrected chi connectivity index (χ1v) is 10.6. The van der Waals surface area contributed by atoms with Gasteiger partial charge in [-0.05, 0) is 67.4 Å². The van der Waals surface area contributed by atoms with E-state index in [9.17, 15) is 14.0 Å². The van der Waals surface area contributed by atoms with Gasteiger partial charge in [-0.3, -0.25) is 4.79 Å². The van der Waals surface area contributed by atoms with Gasteiger partial charge in [0.1, 0.15) is 5.82 Å². The number of aromatic amines is 1. The van der Waals surface area contributed by atoms with Gasteiger partial charge in [-0.25, -0.2) is 9.18 Å². The minimum Gasteiger partial charge on any atom is -0.322 e. The molecular weight excluding hydrogens is 395 g/mol. The van der Waals surface area contributed by atoms with Crippen LogP contribution >= 0.6 is 0 Å². The van der Waals surface area contributed by atoms with E-state index in [-0.39, 0.29) is 24.0 Å². The van der Waals surface area contributed by atoms with E-state index in [2.05, 4.69) is 29.0 Å². The first-order chi connectivity index (χ1) is 14.9. The Labute approximate surface area is 181 Å². The van der Waals surface area contributed by atoms with Gasteiger partial charge in [-0.1, -0.05) is 26.0 Å². The van der Waals surface area contributed by atoms with Gasteiger partial charge in [0, 0.05) is 29.9 Å². The highest BCUT2D eigenvalue weighted by Crippen LogP contribution is 2.15. The number of fused-ring (bicyclic) bond motifs is 1. The summed E-state index contributed by atoms with van der Waals surface area (Å²) >= 11 is 0. The number of hydrogen-bond acceptors (Lipinski definition) is 3. The van der Waals surface area contributed by atoms with Crippen molar-refractivity contribution in [1.29, 1.82) is 0 Å². The summed E-state index contributed by atoms with van der Waals surface area (Å²) in [6.45, 7) is 9.19. The average Bonchev–Trinajstić information content (AvgIpc) is 2.75. The summed E-state index contributed by atoms with van der Waals surface area (Å²) < 4.78 is 13.2. The van der Waals surface area contributed by atoms with E-state index >= 15 is 0 Å². The van der Waals surface area contributed by atoms with E-state index in [1.807, 2.05) is 31.2 Å². The highest BCUT2D eigenvalue weighted by molar-refractivity contribution is 5.89. The molecule has 0 spiro atoms. The van der Waals surface area contributed by atoms with Gasteiger partial charge in [0.25, 0.3) is 5.56 Å². The number of hydrogen-bond donors (Lipinski definition) is 2. The number of nitrogens with zero attached hydrogens (tertiary/aromatic N) is 2. The molecule has 6 nitrogen and oxygen atoms in total. The number of H-pyrrole nitrogens is 1. The third-order valence-corrected chi connectivity index (χ3v) is 5.40. The first-order valence-electron chi connectivity index (χ1n) is 10.6. The average molecular weight is 425 g/mol. The lowest BCUT2D eigenvalue weighted by molar-refractivity contribution is 0.194. The highest BCUT2D eigenvalue weighted by Gasteiger charge is 2.17. The summed E-state index contributed by atoms with van der Waals surface area (Å²) in [5, 5.41) is 3.72. The van der Waals surface area contributed by atoms with Crippen molar-refractivity contribution in [3.8, 4) is 0 Å². The maximum Gasteiger partial charge on any atom is 0.322 e. The molecule has 0 aliphatic rings. The number of benzene rings is 2. The Balaban J connectivity index is 1.84. The van der Waals surface area contributed by atoms with Gasteiger partial charge < -0.3 is 20.1 Å². The molecular formula is C24H29FN4O2. The third-order valence-electron chi connectivity index (χ3n) is 5.40. The molecule has 164 valence electrons. The Kier molecular flexibility index (Phi) is 7.41. The highest BCUT2D eigenvalue weighted by atomic mass is 19.1. The van der Waals surface area contributed by atoms with Gasteiger partial charge in [0.2, 0.25) is 0 Å². The molecule has 0 radical (unpaired) electrons. The van der Waals surface area contributed by atoms with Crippen molar-refractivity contribution >= 4 is 22.6 Å². The number of aromatic nitrogens is 1. The molecule has 31 heavy (non-hydrogen) atoms. The normalized spacial score (nSPS) is 11.1. The Morgan fingerprint density at radius 2 is 1.74 bits per heavy atom. The van der Waals surface area contributed by atoms with Crippen LogP contribution in [0.25, 0.3) is 10.9 Å². The van der Waals surface area contributed by atoms with Crippen LogP contribution in [-0.2, 0) is 6.54 Å². The second-order valence-electron chi connectivity index (χ2n) is 7.60. The van der Waals surface area contributed by atoms with Crippen LogP contribution in [0.1, 0.15) is 25.0 Å². The van der Waals surface area contributed by atoms with E-state index in [0.717, 1.165) is 29.6 Å². The summed E-state index contributed by atoms with van der Waals surface area (Å²) in [7, 11) is 0. The SMILES string of the molecule is CCN(CC)CCN(Cc1cc2ccc(C)cc2[nH]c1=O)C(=O)Nc1ccc(F)cc1. The van der Waals surface area contributed by atoms with Crippen LogP contribution in [0.3, 0.4) is 0 Å². The summed E-state index contributed by atoms with van der Waals surface area (Å²) in [6, 6.07) is 13.0. The number of carbonyl (C=O) groups excluding carboxylic acids is 1. The van der Waals surface area contributed by atoms with Crippen LogP contribution in [0.15, 0.2) is 53.3 Å². The maximum absolute atomic E-state index is 13.2. The molecule has 0 saturated heterocycles. The zero-order chi connectivity index (χ0) is 22.4. The number of rotatable bonds is 8. The minimum absolute atomic E-state index is 0.174. The molecule has 0 bridgehead atoms. The van der Waals surface area contributed by atoms with E-state index in [4.69, 9.17) is 0 Å². The van der Waals surface area contributed by atoms with Crippen molar-refractivity contribution in [2.45, 2.75) is 27.3 Å². The minimum atomic E-state index is -0.366. The standard InChI is InChI=1S/C24H29FN4O2/c1-4-28(5-2)12-13-29(24(31)26-21-10-8-20(25)9-11-21)16-19-15-18-7-6-17(3)14-22(18)27-23(19)30/h6-11,14-15H,4-5,12-13,16H2,1-3H3,(H,26,31)(H,27,30). The Hall–Kier alpha value is -3.19. The quantitative estimate of drug-likeness (QED) is 0.565. The molecule has 0 aliphatic carbocycles. The van der Waals surface area contributed by atoms with Crippen molar-refractivity contribution in [3.63, 3.8) is 0 Å². The van der Waals surface area contributed by atoms with Crippen molar-refractivity contribution < 1.29 is 9.18 Å². The van der Waals surface area contributed by atoms with Crippen LogP contribution in [0.4, 0.5) is 14.9 Å². The number of aryl methyl sites for hydroxylation is 1. The lowest BCUT2D eigenvalue weighted by Crippen LogP contribution is -2.41. The molecule has 3 aromatic rings. The largest absolute Gasteiger partial charge is 0.322 e. The summed E-state index contributed by atoms with van der Waals surface area (Å²) in [4.78, 5) is 32.4. The van der Waals surface area contributed by atoms with E-state index in [0.29, 0.717) is 24.3 Å². The molecule has 2 aromatic carbocycles. The fourth-order valence-electron chi connectivity index (χ4n) is 3.47. The third kappa shape index (κ3) is 5.92. The number of nitrogens with one attached hydrogen (secondary N) is 2. The zero-order valence-corrected chi connectivity index (χ0v) is 18.2. The summed E-state index contributed by atoms with van der Waals surface area (Å²) in [5.41, 5.74) is 2.66. The van der Waals surface area contributed by atoms with Crippen molar-refractivity contribution in [2.75, 3.05) is 31.5 Å². The molecule has 0 saturated carbocycles. The van der Waals surface area contributed by atoms with Gasteiger partial charge >= 0.3 is 6.03 Å². The molecule has 0 fully saturated rings. The number of pyridine rings is 1. The molecule has 1 heterocycles. The predicted octanol–water partition coefficient (Wildman–Crippen LogP) is 4.35. The Bertz CT molecular complexity index is 1090. The second-order valence-corrected chi connectivity index (χ2v) is 7.60. The number of anilines is 1. The molecule has 1 aromatic heterocycles. The molecule has 7 heteroatoms. The fourth-order valence-corrected chi connectivity index (χ4v) is 3.47. The second kappa shape index (κ2) is 10.2. The number of halogens is 1. The van der Waals surface area contributed by atoms with E-state index < -0.39 is 0 Å². The van der Waals surface area contributed by atoms with Gasteiger partial charge in [0.15, 0.2) is 0 Å². The monoisotopic (exact) mass is 424 g/mol. The smallest absolute Gasteiger partial charge is 0.322 e. The van der Waals surface area contributed by atoms with Crippen LogP contribution in [0.5, 0.6) is 0 Å². The van der Waals surface area contributed by atoms with Crippen LogP contribution < -0.4 is 10.9 Å². The summed E-state index contributed by atoms with van der Waals surface area (Å²) in [6.07, 6.45) is 0. The summed E-state index contributed by atoms with van der Waals surface area (Å²) in [5.74, 6) is -0.366. The fraction of sp³-hybridized carbons (Fsp3) is 0.333. The van der Waals surface area contributed by atoms with Crippen molar-refractivity contribution in [3.05, 3.63) is 75.8 Å². The van der Waals surface area contributed by atoms with Gasteiger partial charge in [-0.15, -0.1) is 0 Å². The van der Waals surface area contributed by atoms with Crippen LogP contribution in [0, 0.1) is 12.7 Å². The van der Waals surface area contributed by atoms with Gasteiger partial charge in [0.05, 0.1) is 6.54 Å². The number of likely N-dealkylation sites (N-methyl/N-ethyl adjacent to an activating group) is 1. The molecule has 0 unspecified atom stereocenters. The van der Waals surface area contributed by atoms with Crippen LogP contribution in [-0.4, -0.2) is 47.0 Å².